The van der Waals surface area contributed by atoms with Crippen molar-refractivity contribution in [3.8, 4) is 0 Å². The first-order valence-corrected chi connectivity index (χ1v) is 8.36. The van der Waals surface area contributed by atoms with E-state index in [0.717, 1.165) is 6.07 Å². The van der Waals surface area contributed by atoms with E-state index in [1.54, 1.807) is 18.9 Å². The van der Waals surface area contributed by atoms with Crippen molar-refractivity contribution in [3.05, 3.63) is 35.4 Å². The van der Waals surface area contributed by atoms with Crippen molar-refractivity contribution in [1.82, 2.24) is 15.1 Å². The minimum absolute atomic E-state index is 0.295. The highest BCUT2D eigenvalue weighted by molar-refractivity contribution is 5.80. The number of hydrogen-bond acceptors (Lipinski definition) is 3. The predicted octanol–water partition coefficient (Wildman–Crippen LogP) is 1.86. The summed E-state index contributed by atoms with van der Waals surface area (Å²) < 4.78 is 31.5. The third-order valence-corrected chi connectivity index (χ3v) is 4.01. The fourth-order valence-electron chi connectivity index (χ4n) is 2.68. The van der Waals surface area contributed by atoms with E-state index in [1.165, 1.54) is 12.1 Å². The lowest BCUT2D eigenvalue weighted by Crippen LogP contribution is -2.54. The number of carbonyl (C=O) groups excluding carboxylic acids is 1. The summed E-state index contributed by atoms with van der Waals surface area (Å²) in [6.45, 7) is 5.03. The summed E-state index contributed by atoms with van der Waals surface area (Å²) in [6, 6.07) is 3.59. The Hall–Kier alpha value is -2.38. The number of guanidine groups is 1. The molecule has 1 heterocycles. The van der Waals surface area contributed by atoms with Gasteiger partial charge in [-0.1, -0.05) is 6.07 Å². The van der Waals surface area contributed by atoms with E-state index in [1.807, 2.05) is 4.90 Å². The number of carbonyl (C=O) groups is 1. The average Bonchev–Trinajstić information content (AvgIpc) is 2.61. The van der Waals surface area contributed by atoms with Crippen LogP contribution in [0.15, 0.2) is 23.2 Å². The number of benzene rings is 1. The van der Waals surface area contributed by atoms with Crippen molar-refractivity contribution < 1.29 is 18.3 Å². The lowest BCUT2D eigenvalue weighted by Gasteiger charge is -2.35. The maximum atomic E-state index is 13.6. The second-order valence-electron chi connectivity index (χ2n) is 5.63. The highest BCUT2D eigenvalue weighted by Crippen LogP contribution is 2.10. The van der Waals surface area contributed by atoms with Crippen molar-refractivity contribution >= 4 is 12.1 Å². The molecule has 0 unspecified atom stereocenters. The molecule has 2 rings (SSSR count). The molecular weight excluding hydrogens is 330 g/mol. The zero-order chi connectivity index (χ0) is 18.2. The van der Waals surface area contributed by atoms with Gasteiger partial charge in [0.25, 0.3) is 0 Å². The van der Waals surface area contributed by atoms with Gasteiger partial charge in [0, 0.05) is 45.8 Å². The van der Waals surface area contributed by atoms with Gasteiger partial charge in [-0.2, -0.15) is 0 Å². The van der Waals surface area contributed by atoms with E-state index >= 15 is 0 Å². The zero-order valence-electron chi connectivity index (χ0n) is 14.6. The second-order valence-corrected chi connectivity index (χ2v) is 5.63. The molecule has 1 fully saturated rings. The standard InChI is InChI=1S/C17H24F2N4O2/c1-3-25-17(24)23-10-8-22(9-11-23)16(20-2)21-7-6-13-4-5-14(18)12-15(13)19/h4-5,12H,3,6-11H2,1-2H3,(H,20,21). The molecule has 1 amide bonds. The van der Waals surface area contributed by atoms with Gasteiger partial charge in [-0.25, -0.2) is 13.6 Å². The highest BCUT2D eigenvalue weighted by atomic mass is 19.1. The van der Waals surface area contributed by atoms with Crippen LogP contribution in [0.4, 0.5) is 13.6 Å². The van der Waals surface area contributed by atoms with Crippen LogP contribution in [0.1, 0.15) is 12.5 Å². The van der Waals surface area contributed by atoms with Crippen LogP contribution in [-0.4, -0.2) is 68.2 Å². The summed E-state index contributed by atoms with van der Waals surface area (Å²) in [5.41, 5.74) is 0.455. The van der Waals surface area contributed by atoms with Crippen molar-refractivity contribution in [2.75, 3.05) is 46.4 Å². The second kappa shape index (κ2) is 9.19. The third-order valence-electron chi connectivity index (χ3n) is 4.01. The Morgan fingerprint density at radius 3 is 2.52 bits per heavy atom. The Balaban J connectivity index is 1.80. The van der Waals surface area contributed by atoms with E-state index in [2.05, 4.69) is 10.3 Å². The van der Waals surface area contributed by atoms with Gasteiger partial charge in [-0.3, -0.25) is 4.99 Å². The lowest BCUT2D eigenvalue weighted by atomic mass is 10.1. The van der Waals surface area contributed by atoms with Crippen LogP contribution < -0.4 is 5.32 Å². The number of ether oxygens (including phenoxy) is 1. The maximum Gasteiger partial charge on any atom is 0.409 e. The third kappa shape index (κ3) is 5.30. The SMILES string of the molecule is CCOC(=O)N1CCN(C(=NC)NCCc2ccc(F)cc2F)CC1. The monoisotopic (exact) mass is 354 g/mol. The summed E-state index contributed by atoms with van der Waals surface area (Å²) in [4.78, 5) is 19.6. The number of nitrogens with zero attached hydrogens (tertiary/aromatic N) is 3. The molecule has 0 aromatic heterocycles. The molecule has 1 aromatic carbocycles. The molecule has 1 aliphatic rings. The fraction of sp³-hybridized carbons (Fsp3) is 0.529. The number of piperazine rings is 1. The Kier molecular flexibility index (Phi) is 6.97. The Bertz CT molecular complexity index is 617. The van der Waals surface area contributed by atoms with E-state index < -0.39 is 11.6 Å². The summed E-state index contributed by atoms with van der Waals surface area (Å²) in [7, 11) is 1.68. The number of halogens is 2. The van der Waals surface area contributed by atoms with Gasteiger partial charge >= 0.3 is 6.09 Å². The van der Waals surface area contributed by atoms with Gasteiger partial charge in [-0.15, -0.1) is 0 Å². The Morgan fingerprint density at radius 2 is 1.92 bits per heavy atom. The predicted molar refractivity (Wildman–Crippen MR) is 91.6 cm³/mol. The molecular formula is C17H24F2N4O2. The molecule has 6 nitrogen and oxygen atoms in total. The zero-order valence-corrected chi connectivity index (χ0v) is 14.6. The van der Waals surface area contributed by atoms with Crippen LogP contribution in [0.3, 0.4) is 0 Å². The smallest absolute Gasteiger partial charge is 0.409 e. The number of aliphatic imine (C=N–C) groups is 1. The normalized spacial score (nSPS) is 15.3. The molecule has 0 aliphatic carbocycles. The van der Waals surface area contributed by atoms with Crippen molar-refractivity contribution in [1.29, 1.82) is 0 Å². The first-order valence-electron chi connectivity index (χ1n) is 8.36. The van der Waals surface area contributed by atoms with E-state index in [9.17, 15) is 13.6 Å². The maximum absolute atomic E-state index is 13.6. The van der Waals surface area contributed by atoms with Crippen LogP contribution in [0, 0.1) is 11.6 Å². The molecule has 1 N–H and O–H groups in total. The lowest BCUT2D eigenvalue weighted by molar-refractivity contribution is 0.0915. The van der Waals surface area contributed by atoms with Crippen LogP contribution in [-0.2, 0) is 11.2 Å². The summed E-state index contributed by atoms with van der Waals surface area (Å²) in [5.74, 6) is -0.421. The van der Waals surface area contributed by atoms with Gasteiger partial charge < -0.3 is 19.9 Å². The molecule has 1 aliphatic heterocycles. The first-order chi connectivity index (χ1) is 12.0. The molecule has 0 saturated carbocycles. The quantitative estimate of drug-likeness (QED) is 0.662. The molecule has 25 heavy (non-hydrogen) atoms. The van der Waals surface area contributed by atoms with Crippen LogP contribution in [0.5, 0.6) is 0 Å². The molecule has 1 aromatic rings. The minimum atomic E-state index is -0.579. The minimum Gasteiger partial charge on any atom is -0.450 e. The van der Waals surface area contributed by atoms with E-state index in [0.29, 0.717) is 57.3 Å². The van der Waals surface area contributed by atoms with Gasteiger partial charge in [0.1, 0.15) is 11.6 Å². The summed E-state index contributed by atoms with van der Waals surface area (Å²) in [6.07, 6.45) is 0.130. The number of rotatable bonds is 4. The Labute approximate surface area is 146 Å². The molecule has 1 saturated heterocycles. The van der Waals surface area contributed by atoms with Gasteiger partial charge in [-0.05, 0) is 25.0 Å². The van der Waals surface area contributed by atoms with Crippen molar-refractivity contribution in [2.24, 2.45) is 4.99 Å². The molecule has 8 heteroatoms. The van der Waals surface area contributed by atoms with E-state index in [-0.39, 0.29) is 6.09 Å². The van der Waals surface area contributed by atoms with E-state index in [4.69, 9.17) is 4.74 Å². The summed E-state index contributed by atoms with van der Waals surface area (Å²) >= 11 is 0. The molecule has 0 atom stereocenters. The highest BCUT2D eigenvalue weighted by Gasteiger charge is 2.23. The van der Waals surface area contributed by atoms with Crippen LogP contribution >= 0.6 is 0 Å². The topological polar surface area (TPSA) is 57.2 Å². The molecule has 0 spiro atoms. The number of hydrogen-bond donors (Lipinski definition) is 1. The molecule has 0 bridgehead atoms. The Morgan fingerprint density at radius 1 is 1.24 bits per heavy atom. The fourth-order valence-corrected chi connectivity index (χ4v) is 2.68. The van der Waals surface area contributed by atoms with Crippen molar-refractivity contribution in [3.63, 3.8) is 0 Å². The van der Waals surface area contributed by atoms with Crippen molar-refractivity contribution in [2.45, 2.75) is 13.3 Å². The number of nitrogens with one attached hydrogen (secondary N) is 1. The number of amides is 1. The van der Waals surface area contributed by atoms with Crippen LogP contribution in [0.25, 0.3) is 0 Å². The molecule has 138 valence electrons. The molecule has 0 radical (unpaired) electrons. The average molecular weight is 354 g/mol. The summed E-state index contributed by atoms with van der Waals surface area (Å²) in [5, 5.41) is 3.18. The van der Waals surface area contributed by atoms with Gasteiger partial charge in [0.2, 0.25) is 0 Å². The van der Waals surface area contributed by atoms with Gasteiger partial charge in [0.15, 0.2) is 5.96 Å². The largest absolute Gasteiger partial charge is 0.450 e. The van der Waals surface area contributed by atoms with Gasteiger partial charge in [0.05, 0.1) is 6.61 Å². The first kappa shape index (κ1) is 19.0. The van der Waals surface area contributed by atoms with Crippen LogP contribution in [0.2, 0.25) is 0 Å².